The van der Waals surface area contributed by atoms with Crippen molar-refractivity contribution < 1.29 is 18.4 Å². The summed E-state index contributed by atoms with van der Waals surface area (Å²) in [5.74, 6) is -2.11. The Bertz CT molecular complexity index is 570. The van der Waals surface area contributed by atoms with Crippen LogP contribution in [0, 0.1) is 11.6 Å². The third kappa shape index (κ3) is 2.05. The number of carbonyl (C=O) groups excluding carboxylic acids is 2. The minimum Gasteiger partial charge on any atom is -0.312 e. The molecule has 0 atom stereocenters. The van der Waals surface area contributed by atoms with Gasteiger partial charge in [-0.2, -0.15) is 0 Å². The summed E-state index contributed by atoms with van der Waals surface area (Å²) in [7, 11) is 0. The van der Waals surface area contributed by atoms with Gasteiger partial charge in [0.1, 0.15) is 18.2 Å². The van der Waals surface area contributed by atoms with E-state index in [1.165, 1.54) is 4.90 Å². The average molecular weight is 280 g/mol. The van der Waals surface area contributed by atoms with E-state index in [4.69, 9.17) is 0 Å². The molecular weight excluding hydrogens is 266 g/mol. The molecule has 0 spiro atoms. The number of benzene rings is 1. The van der Waals surface area contributed by atoms with Crippen molar-refractivity contribution in [2.24, 2.45) is 0 Å². The molecular formula is C14H14F2N2O2. The van der Waals surface area contributed by atoms with Gasteiger partial charge < -0.3 is 4.90 Å². The maximum atomic E-state index is 13.7. The van der Waals surface area contributed by atoms with Crippen molar-refractivity contribution in [1.29, 1.82) is 0 Å². The van der Waals surface area contributed by atoms with Crippen LogP contribution in [0.25, 0.3) is 0 Å². The molecule has 0 radical (unpaired) electrons. The van der Waals surface area contributed by atoms with Crippen molar-refractivity contribution in [3.05, 3.63) is 29.8 Å². The van der Waals surface area contributed by atoms with Gasteiger partial charge in [0.2, 0.25) is 0 Å². The van der Waals surface area contributed by atoms with Crippen LogP contribution in [-0.2, 0) is 4.79 Å². The van der Waals surface area contributed by atoms with E-state index in [1.54, 1.807) is 0 Å². The minimum absolute atomic E-state index is 0.0275. The van der Waals surface area contributed by atoms with E-state index in [9.17, 15) is 18.4 Å². The summed E-state index contributed by atoms with van der Waals surface area (Å²) in [6.07, 6.45) is 3.82. The van der Waals surface area contributed by atoms with Crippen LogP contribution in [0.15, 0.2) is 18.2 Å². The van der Waals surface area contributed by atoms with Gasteiger partial charge >= 0.3 is 6.03 Å². The Morgan fingerprint density at radius 2 is 1.80 bits per heavy atom. The van der Waals surface area contributed by atoms with E-state index >= 15 is 0 Å². The van der Waals surface area contributed by atoms with Gasteiger partial charge in [-0.1, -0.05) is 12.8 Å². The molecule has 0 bridgehead atoms. The molecule has 106 valence electrons. The average Bonchev–Trinajstić information content (AvgIpc) is 3.00. The summed E-state index contributed by atoms with van der Waals surface area (Å²) in [6, 6.07) is 2.39. The maximum absolute atomic E-state index is 13.7. The fourth-order valence-corrected chi connectivity index (χ4v) is 2.92. The first kappa shape index (κ1) is 13.0. The smallest absolute Gasteiger partial charge is 0.312 e. The van der Waals surface area contributed by atoms with Gasteiger partial charge in [0, 0.05) is 12.1 Å². The summed E-state index contributed by atoms with van der Waals surface area (Å²) >= 11 is 0. The zero-order valence-electron chi connectivity index (χ0n) is 10.8. The second-order valence-corrected chi connectivity index (χ2v) is 5.17. The first-order valence-corrected chi connectivity index (χ1v) is 6.66. The predicted molar refractivity (Wildman–Crippen MR) is 68.2 cm³/mol. The molecule has 3 rings (SSSR count). The number of urea groups is 1. The van der Waals surface area contributed by atoms with Crippen LogP contribution in [0.1, 0.15) is 25.7 Å². The van der Waals surface area contributed by atoms with Crippen LogP contribution in [0.5, 0.6) is 0 Å². The molecule has 1 aromatic carbocycles. The molecule has 1 saturated carbocycles. The summed E-state index contributed by atoms with van der Waals surface area (Å²) in [5, 5.41) is 0. The second kappa shape index (κ2) is 4.85. The largest absolute Gasteiger partial charge is 0.332 e. The van der Waals surface area contributed by atoms with Gasteiger partial charge in [-0.15, -0.1) is 0 Å². The molecule has 2 aliphatic rings. The molecule has 0 aromatic heterocycles. The summed E-state index contributed by atoms with van der Waals surface area (Å²) in [5.41, 5.74) is -0.179. The number of hydrogen-bond donors (Lipinski definition) is 0. The third-order valence-corrected chi connectivity index (χ3v) is 3.91. The quantitative estimate of drug-likeness (QED) is 0.781. The van der Waals surface area contributed by atoms with E-state index in [1.807, 2.05) is 0 Å². The van der Waals surface area contributed by atoms with Crippen LogP contribution < -0.4 is 4.90 Å². The molecule has 3 amide bonds. The monoisotopic (exact) mass is 280 g/mol. The van der Waals surface area contributed by atoms with E-state index < -0.39 is 23.6 Å². The highest BCUT2D eigenvalue weighted by Crippen LogP contribution is 2.30. The lowest BCUT2D eigenvalue weighted by Gasteiger charge is -2.23. The highest BCUT2D eigenvalue weighted by Gasteiger charge is 2.42. The van der Waals surface area contributed by atoms with Crippen molar-refractivity contribution in [2.45, 2.75) is 31.7 Å². The highest BCUT2D eigenvalue weighted by molar-refractivity contribution is 6.19. The van der Waals surface area contributed by atoms with E-state index in [2.05, 4.69) is 0 Å². The number of hydrogen-bond acceptors (Lipinski definition) is 2. The van der Waals surface area contributed by atoms with Gasteiger partial charge in [-0.05, 0) is 25.0 Å². The van der Waals surface area contributed by atoms with Crippen LogP contribution in [0.4, 0.5) is 19.3 Å². The van der Waals surface area contributed by atoms with Crippen molar-refractivity contribution in [3.63, 3.8) is 0 Å². The Morgan fingerprint density at radius 3 is 2.45 bits per heavy atom. The van der Waals surface area contributed by atoms with Crippen LogP contribution in [-0.4, -0.2) is 29.4 Å². The lowest BCUT2D eigenvalue weighted by molar-refractivity contribution is -0.116. The highest BCUT2D eigenvalue weighted by atomic mass is 19.1. The van der Waals surface area contributed by atoms with Gasteiger partial charge in [-0.25, -0.2) is 18.5 Å². The van der Waals surface area contributed by atoms with E-state index in [-0.39, 0.29) is 18.3 Å². The molecule has 4 nitrogen and oxygen atoms in total. The van der Waals surface area contributed by atoms with E-state index in [0.29, 0.717) is 6.07 Å². The molecule has 1 aromatic rings. The fraction of sp³-hybridized carbons (Fsp3) is 0.429. The van der Waals surface area contributed by atoms with Crippen LogP contribution in [0.3, 0.4) is 0 Å². The Kier molecular flexibility index (Phi) is 3.16. The minimum atomic E-state index is -0.903. The van der Waals surface area contributed by atoms with E-state index in [0.717, 1.165) is 42.7 Å². The van der Waals surface area contributed by atoms with Gasteiger partial charge in [0.05, 0.1) is 5.69 Å². The topological polar surface area (TPSA) is 40.6 Å². The van der Waals surface area contributed by atoms with Crippen LogP contribution in [0.2, 0.25) is 0 Å². The van der Waals surface area contributed by atoms with Gasteiger partial charge in [-0.3, -0.25) is 4.79 Å². The van der Waals surface area contributed by atoms with Crippen molar-refractivity contribution >= 4 is 17.6 Å². The molecule has 6 heteroatoms. The standard InChI is InChI=1S/C14H14F2N2O2/c15-9-5-6-12(11(16)7-9)18-13(19)8-17(14(18)20)10-3-1-2-4-10/h5-7,10H,1-4,8H2. The summed E-state index contributed by atoms with van der Waals surface area (Å²) in [4.78, 5) is 26.6. The zero-order chi connectivity index (χ0) is 14.3. The molecule has 2 fully saturated rings. The number of carbonyl (C=O) groups is 2. The lowest BCUT2D eigenvalue weighted by Crippen LogP contribution is -2.38. The molecule has 1 saturated heterocycles. The Morgan fingerprint density at radius 1 is 1.10 bits per heavy atom. The molecule has 20 heavy (non-hydrogen) atoms. The lowest BCUT2D eigenvalue weighted by atomic mass is 10.2. The number of rotatable bonds is 2. The number of amides is 3. The zero-order valence-corrected chi connectivity index (χ0v) is 10.8. The summed E-state index contributed by atoms with van der Waals surface area (Å²) < 4.78 is 26.7. The fourth-order valence-electron chi connectivity index (χ4n) is 2.92. The van der Waals surface area contributed by atoms with Crippen LogP contribution >= 0.6 is 0 Å². The predicted octanol–water partition coefficient (Wildman–Crippen LogP) is 2.68. The molecule has 1 aliphatic heterocycles. The summed E-state index contributed by atoms with van der Waals surface area (Å²) in [6.45, 7) is -0.0275. The second-order valence-electron chi connectivity index (χ2n) is 5.17. The molecule has 1 heterocycles. The number of halogens is 2. The number of anilines is 1. The van der Waals surface area contributed by atoms with Gasteiger partial charge in [0.15, 0.2) is 0 Å². The van der Waals surface area contributed by atoms with Gasteiger partial charge in [0.25, 0.3) is 5.91 Å². The first-order valence-electron chi connectivity index (χ1n) is 6.66. The Balaban J connectivity index is 1.90. The molecule has 0 unspecified atom stereocenters. The normalized spacial score (nSPS) is 20.3. The number of imide groups is 1. The van der Waals surface area contributed by atoms with Crippen molar-refractivity contribution in [2.75, 3.05) is 11.4 Å². The number of nitrogens with zero attached hydrogens (tertiary/aromatic N) is 2. The van der Waals surface area contributed by atoms with Crippen molar-refractivity contribution in [1.82, 2.24) is 4.90 Å². The Hall–Kier alpha value is -1.98. The van der Waals surface area contributed by atoms with Crippen molar-refractivity contribution in [3.8, 4) is 0 Å². The maximum Gasteiger partial charge on any atom is 0.332 e. The SMILES string of the molecule is O=C1CN(C2CCCC2)C(=O)N1c1ccc(F)cc1F. The first-order chi connectivity index (χ1) is 9.58. The Labute approximate surface area is 115 Å². The molecule has 1 aliphatic carbocycles. The molecule has 0 N–H and O–H groups in total. The third-order valence-electron chi connectivity index (χ3n) is 3.91.